The van der Waals surface area contributed by atoms with E-state index in [1.165, 1.54) is 0 Å². The molecule has 0 bridgehead atoms. The number of nitrogens with zero attached hydrogens (tertiary/aromatic N) is 2. The Hall–Kier alpha value is -1.57. The van der Waals surface area contributed by atoms with Gasteiger partial charge in [-0.1, -0.05) is 17.7 Å². The number of halogens is 2. The van der Waals surface area contributed by atoms with Gasteiger partial charge in [0, 0.05) is 10.7 Å². The van der Waals surface area contributed by atoms with Gasteiger partial charge in [0.15, 0.2) is 5.82 Å². The zero-order valence-electron chi connectivity index (χ0n) is 9.54. The predicted molar refractivity (Wildman–Crippen MR) is 76.1 cm³/mol. The molecule has 1 heterocycles. The molecule has 0 aliphatic rings. The lowest BCUT2D eigenvalue weighted by atomic mass is 10.2. The lowest BCUT2D eigenvalue weighted by molar-refractivity contribution is 1.29. The molecule has 18 heavy (non-hydrogen) atoms. The Balaban J connectivity index is 2.38. The van der Waals surface area contributed by atoms with E-state index in [1.807, 2.05) is 31.2 Å². The fourth-order valence-electron chi connectivity index (χ4n) is 1.47. The lowest BCUT2D eigenvalue weighted by Crippen LogP contribution is -1.96. The summed E-state index contributed by atoms with van der Waals surface area (Å²) in [4.78, 5) is 4.13. The van der Waals surface area contributed by atoms with Crippen LogP contribution in [-0.4, -0.2) is 4.98 Å². The van der Waals surface area contributed by atoms with Crippen molar-refractivity contribution in [2.45, 2.75) is 6.92 Å². The lowest BCUT2D eigenvalue weighted by Gasteiger charge is -2.10. The number of nitrogens with one attached hydrogen (secondary N) is 1. The van der Waals surface area contributed by atoms with Gasteiger partial charge in [0.05, 0.1) is 11.3 Å². The Kier molecular flexibility index (Phi) is 3.85. The number of aromatic nitrogens is 1. The molecule has 1 aromatic heterocycles. The Morgan fingerprint density at radius 1 is 1.39 bits per heavy atom. The average molecular weight is 323 g/mol. The molecule has 0 amide bonds. The molecular formula is C13H9BrClN3. The van der Waals surface area contributed by atoms with Crippen molar-refractivity contribution in [3.8, 4) is 6.07 Å². The van der Waals surface area contributed by atoms with Crippen molar-refractivity contribution < 1.29 is 0 Å². The minimum atomic E-state index is 0.326. The fourth-order valence-corrected chi connectivity index (χ4v) is 2.26. The van der Waals surface area contributed by atoms with E-state index in [0.717, 1.165) is 15.7 Å². The van der Waals surface area contributed by atoms with E-state index in [1.54, 1.807) is 12.3 Å². The van der Waals surface area contributed by atoms with Crippen molar-refractivity contribution in [2.75, 3.05) is 5.32 Å². The van der Waals surface area contributed by atoms with Crippen LogP contribution < -0.4 is 5.32 Å². The largest absolute Gasteiger partial charge is 0.338 e. The molecule has 1 N–H and O–H groups in total. The third-order valence-corrected chi connectivity index (χ3v) is 3.43. The highest BCUT2D eigenvalue weighted by Crippen LogP contribution is 2.30. The van der Waals surface area contributed by atoms with Gasteiger partial charge in [0.25, 0.3) is 0 Å². The van der Waals surface area contributed by atoms with Crippen molar-refractivity contribution in [3.63, 3.8) is 0 Å². The highest BCUT2D eigenvalue weighted by Gasteiger charge is 2.08. The van der Waals surface area contributed by atoms with E-state index < -0.39 is 0 Å². The van der Waals surface area contributed by atoms with Crippen molar-refractivity contribution in [3.05, 3.63) is 51.1 Å². The highest BCUT2D eigenvalue weighted by molar-refractivity contribution is 9.10. The third kappa shape index (κ3) is 2.63. The molecule has 0 saturated carbocycles. The maximum Gasteiger partial charge on any atom is 0.150 e. The Morgan fingerprint density at radius 2 is 2.17 bits per heavy atom. The van der Waals surface area contributed by atoms with Crippen LogP contribution in [0.4, 0.5) is 11.5 Å². The molecule has 0 unspecified atom stereocenters. The summed E-state index contributed by atoms with van der Waals surface area (Å²) < 4.78 is 0.919. The van der Waals surface area contributed by atoms with Crippen molar-refractivity contribution in [1.82, 2.24) is 4.98 Å². The van der Waals surface area contributed by atoms with Gasteiger partial charge in [0.2, 0.25) is 0 Å². The second-order valence-corrected chi connectivity index (χ2v) is 4.97. The molecule has 0 fully saturated rings. The van der Waals surface area contributed by atoms with Gasteiger partial charge in [-0.15, -0.1) is 0 Å². The van der Waals surface area contributed by atoms with Gasteiger partial charge in [-0.25, -0.2) is 4.98 Å². The summed E-state index contributed by atoms with van der Waals surface area (Å²) >= 11 is 9.55. The number of rotatable bonds is 2. The number of hydrogen-bond acceptors (Lipinski definition) is 3. The minimum absolute atomic E-state index is 0.326. The smallest absolute Gasteiger partial charge is 0.150 e. The summed E-state index contributed by atoms with van der Waals surface area (Å²) in [5.74, 6) is 0.472. The van der Waals surface area contributed by atoms with Crippen LogP contribution in [0.15, 0.2) is 34.9 Å². The normalized spacial score (nSPS) is 9.89. The van der Waals surface area contributed by atoms with Crippen LogP contribution in [0.2, 0.25) is 5.02 Å². The first-order valence-corrected chi connectivity index (χ1v) is 6.36. The summed E-state index contributed by atoms with van der Waals surface area (Å²) in [6.45, 7) is 2.01. The topological polar surface area (TPSA) is 48.7 Å². The Bertz CT molecular complexity index is 635. The van der Waals surface area contributed by atoms with E-state index in [2.05, 4.69) is 26.2 Å². The van der Waals surface area contributed by atoms with Crippen LogP contribution in [0.1, 0.15) is 11.1 Å². The van der Waals surface area contributed by atoms with Gasteiger partial charge in [-0.05, 0) is 46.6 Å². The molecule has 0 atom stereocenters. The van der Waals surface area contributed by atoms with Crippen LogP contribution in [-0.2, 0) is 0 Å². The first-order chi connectivity index (χ1) is 8.61. The first kappa shape index (κ1) is 12.9. The number of hydrogen-bond donors (Lipinski definition) is 1. The zero-order valence-corrected chi connectivity index (χ0v) is 11.9. The van der Waals surface area contributed by atoms with Crippen LogP contribution in [0.5, 0.6) is 0 Å². The van der Waals surface area contributed by atoms with Crippen LogP contribution >= 0.6 is 27.5 Å². The monoisotopic (exact) mass is 321 g/mol. The van der Waals surface area contributed by atoms with Crippen LogP contribution in [0.25, 0.3) is 0 Å². The maximum absolute atomic E-state index is 8.90. The number of aryl methyl sites for hydroxylation is 1. The second-order valence-electron chi connectivity index (χ2n) is 3.74. The van der Waals surface area contributed by atoms with E-state index in [4.69, 9.17) is 16.9 Å². The number of anilines is 2. The third-order valence-electron chi connectivity index (χ3n) is 2.39. The molecule has 90 valence electrons. The minimum Gasteiger partial charge on any atom is -0.338 e. The fraction of sp³-hybridized carbons (Fsp3) is 0.0769. The molecule has 0 spiro atoms. The van der Waals surface area contributed by atoms with Crippen LogP contribution in [0.3, 0.4) is 0 Å². The number of nitriles is 1. The summed E-state index contributed by atoms with van der Waals surface area (Å²) in [5, 5.41) is 12.3. The van der Waals surface area contributed by atoms with Crippen LogP contribution in [0, 0.1) is 18.3 Å². The Labute approximate surface area is 119 Å². The number of benzene rings is 1. The molecular weight excluding hydrogens is 314 g/mol. The summed E-state index contributed by atoms with van der Waals surface area (Å²) in [6, 6.07) is 9.50. The van der Waals surface area contributed by atoms with E-state index in [-0.39, 0.29) is 0 Å². The first-order valence-electron chi connectivity index (χ1n) is 5.19. The van der Waals surface area contributed by atoms with E-state index >= 15 is 0 Å². The number of pyridine rings is 1. The predicted octanol–water partition coefficient (Wildman–Crippen LogP) is 4.42. The molecule has 0 aliphatic heterocycles. The van der Waals surface area contributed by atoms with Crippen molar-refractivity contribution in [1.29, 1.82) is 5.26 Å². The van der Waals surface area contributed by atoms with Gasteiger partial charge in [0.1, 0.15) is 11.1 Å². The van der Waals surface area contributed by atoms with Crippen molar-refractivity contribution >= 4 is 39.0 Å². The summed E-state index contributed by atoms with van der Waals surface area (Å²) in [6.07, 6.45) is 1.55. The van der Waals surface area contributed by atoms with Gasteiger partial charge in [-0.2, -0.15) is 5.26 Å². The van der Waals surface area contributed by atoms with Gasteiger partial charge >= 0.3 is 0 Å². The summed E-state index contributed by atoms with van der Waals surface area (Å²) in [7, 11) is 0. The molecule has 2 rings (SSSR count). The molecule has 1 aromatic carbocycles. The molecule has 0 radical (unpaired) electrons. The molecule has 5 heteroatoms. The molecule has 3 nitrogen and oxygen atoms in total. The van der Waals surface area contributed by atoms with Gasteiger partial charge in [-0.3, -0.25) is 0 Å². The molecule has 0 saturated heterocycles. The maximum atomic E-state index is 8.90. The van der Waals surface area contributed by atoms with E-state index in [0.29, 0.717) is 16.4 Å². The average Bonchev–Trinajstić information content (AvgIpc) is 2.35. The quantitative estimate of drug-likeness (QED) is 0.890. The van der Waals surface area contributed by atoms with Gasteiger partial charge < -0.3 is 5.32 Å². The second kappa shape index (κ2) is 5.38. The SMILES string of the molecule is Cc1ccc(Nc2nccc(C#N)c2Cl)c(Br)c1. The Morgan fingerprint density at radius 3 is 2.83 bits per heavy atom. The van der Waals surface area contributed by atoms with Crippen molar-refractivity contribution in [2.24, 2.45) is 0 Å². The van der Waals surface area contributed by atoms with E-state index in [9.17, 15) is 0 Å². The molecule has 0 aliphatic carbocycles. The highest BCUT2D eigenvalue weighted by atomic mass is 79.9. The standard InChI is InChI=1S/C13H9BrClN3/c1-8-2-3-11(10(14)6-8)18-13-12(15)9(7-16)4-5-17-13/h2-6H,1H3,(H,17,18). The zero-order chi connectivity index (χ0) is 13.1. The molecule has 2 aromatic rings. The summed E-state index contributed by atoms with van der Waals surface area (Å²) in [5.41, 5.74) is 2.40.